The van der Waals surface area contributed by atoms with Crippen molar-refractivity contribution in [3.63, 3.8) is 0 Å². The van der Waals surface area contributed by atoms with Gasteiger partial charge in [0.05, 0.1) is 10.6 Å². The number of amides is 1. The van der Waals surface area contributed by atoms with Crippen molar-refractivity contribution < 1.29 is 9.18 Å². The van der Waals surface area contributed by atoms with Crippen LogP contribution >= 0.6 is 23.5 Å². The molecule has 2 aliphatic heterocycles. The molecule has 2 aromatic rings. The summed E-state index contributed by atoms with van der Waals surface area (Å²) in [5.74, 6) is 2.12. The molecule has 1 N–H and O–H groups in total. The van der Waals surface area contributed by atoms with Gasteiger partial charge in [-0.25, -0.2) is 4.39 Å². The molecule has 3 nitrogen and oxygen atoms in total. The molecular weight excluding hydrogens is 367 g/mol. The summed E-state index contributed by atoms with van der Waals surface area (Å²) in [6.45, 7) is 2.02. The topological polar surface area (TPSA) is 32.3 Å². The van der Waals surface area contributed by atoms with Crippen LogP contribution in [-0.2, 0) is 0 Å². The van der Waals surface area contributed by atoms with Gasteiger partial charge in [0.15, 0.2) is 0 Å². The average molecular weight is 389 g/mol. The number of piperazine rings is 1. The molecule has 4 rings (SSSR count). The number of halogens is 1. The molecule has 0 radical (unpaired) electrons. The summed E-state index contributed by atoms with van der Waals surface area (Å²) in [7, 11) is 0. The van der Waals surface area contributed by atoms with Crippen LogP contribution in [0.25, 0.3) is 0 Å². The summed E-state index contributed by atoms with van der Waals surface area (Å²) in [6, 6.07) is 14.4. The summed E-state index contributed by atoms with van der Waals surface area (Å²) >= 11 is 3.92. The fraction of sp³-hybridized carbons (Fsp3) is 0.350. The van der Waals surface area contributed by atoms with Crippen LogP contribution in [0.1, 0.15) is 32.1 Å². The minimum Gasteiger partial charge on any atom is -0.329 e. The van der Waals surface area contributed by atoms with E-state index < -0.39 is 0 Å². The molecule has 6 heteroatoms. The number of hydrogen-bond acceptors (Lipinski definition) is 4. The van der Waals surface area contributed by atoms with Gasteiger partial charge in [-0.15, -0.1) is 23.5 Å². The van der Waals surface area contributed by atoms with Gasteiger partial charge in [0.1, 0.15) is 5.82 Å². The van der Waals surface area contributed by atoms with Crippen LogP contribution in [0, 0.1) is 5.82 Å². The molecule has 2 aromatic carbocycles. The maximum Gasteiger partial charge on any atom is 0.254 e. The van der Waals surface area contributed by atoms with Gasteiger partial charge in [0.25, 0.3) is 5.91 Å². The van der Waals surface area contributed by atoms with Crippen molar-refractivity contribution >= 4 is 29.4 Å². The molecule has 0 spiro atoms. The first-order chi connectivity index (χ1) is 12.7. The van der Waals surface area contributed by atoms with Gasteiger partial charge in [0, 0.05) is 36.7 Å². The molecule has 2 saturated heterocycles. The quantitative estimate of drug-likeness (QED) is 0.858. The van der Waals surface area contributed by atoms with Crippen molar-refractivity contribution in [3.05, 3.63) is 71.0 Å². The van der Waals surface area contributed by atoms with E-state index in [4.69, 9.17) is 0 Å². The molecule has 1 amide bonds. The standard InChI is InChI=1S/C20H21FN2OS2/c21-17-3-1-2-16(12-17)18-13-22-8-9-23(18)19(24)14-4-6-15(7-5-14)20-25-10-11-26-20/h1-7,12,18,20,22H,8-11,13H2. The smallest absolute Gasteiger partial charge is 0.254 e. The average Bonchev–Trinajstić information content (AvgIpc) is 3.22. The molecule has 2 aliphatic rings. The number of rotatable bonds is 3. The second kappa shape index (κ2) is 8.03. The molecule has 136 valence electrons. The molecule has 2 heterocycles. The van der Waals surface area contributed by atoms with E-state index in [1.165, 1.54) is 29.2 Å². The predicted octanol–water partition coefficient (Wildman–Crippen LogP) is 4.09. The normalized spacial score (nSPS) is 21.1. The van der Waals surface area contributed by atoms with Crippen LogP contribution in [0.4, 0.5) is 4.39 Å². The van der Waals surface area contributed by atoms with Gasteiger partial charge in [-0.05, 0) is 35.4 Å². The van der Waals surface area contributed by atoms with Crippen LogP contribution in [0.2, 0.25) is 0 Å². The third-order valence-corrected chi connectivity index (χ3v) is 7.89. The van der Waals surface area contributed by atoms with Crippen LogP contribution in [0.5, 0.6) is 0 Å². The maximum absolute atomic E-state index is 13.6. The monoisotopic (exact) mass is 388 g/mol. The molecule has 26 heavy (non-hydrogen) atoms. The van der Waals surface area contributed by atoms with Crippen LogP contribution in [0.3, 0.4) is 0 Å². The highest BCUT2D eigenvalue weighted by atomic mass is 32.2. The van der Waals surface area contributed by atoms with Gasteiger partial charge in [-0.3, -0.25) is 4.79 Å². The zero-order valence-corrected chi connectivity index (χ0v) is 16.0. The predicted molar refractivity (Wildman–Crippen MR) is 107 cm³/mol. The van der Waals surface area contributed by atoms with Gasteiger partial charge in [-0.2, -0.15) is 0 Å². The van der Waals surface area contributed by atoms with Crippen molar-refractivity contribution in [1.29, 1.82) is 0 Å². The van der Waals surface area contributed by atoms with E-state index in [2.05, 4.69) is 17.4 Å². The van der Waals surface area contributed by atoms with Crippen molar-refractivity contribution in [2.75, 3.05) is 31.1 Å². The lowest BCUT2D eigenvalue weighted by Gasteiger charge is -2.36. The van der Waals surface area contributed by atoms with Crippen molar-refractivity contribution in [2.24, 2.45) is 0 Å². The summed E-state index contributed by atoms with van der Waals surface area (Å²) < 4.78 is 14.1. The molecule has 0 aromatic heterocycles. The fourth-order valence-corrected chi connectivity index (χ4v) is 6.32. The van der Waals surface area contributed by atoms with E-state index in [9.17, 15) is 9.18 Å². The fourth-order valence-electron chi connectivity index (χ4n) is 3.46. The first-order valence-corrected chi connectivity index (χ1v) is 10.9. The highest BCUT2D eigenvalue weighted by Crippen LogP contribution is 2.45. The highest BCUT2D eigenvalue weighted by Gasteiger charge is 2.29. The molecule has 1 unspecified atom stereocenters. The summed E-state index contributed by atoms with van der Waals surface area (Å²) in [4.78, 5) is 15.0. The van der Waals surface area contributed by atoms with Gasteiger partial charge >= 0.3 is 0 Å². The van der Waals surface area contributed by atoms with E-state index in [1.54, 1.807) is 6.07 Å². The Morgan fingerprint density at radius 2 is 1.85 bits per heavy atom. The Kier molecular flexibility index (Phi) is 5.52. The van der Waals surface area contributed by atoms with E-state index in [-0.39, 0.29) is 17.8 Å². The Bertz CT molecular complexity index is 778. The Balaban J connectivity index is 1.55. The van der Waals surface area contributed by atoms with Gasteiger partial charge < -0.3 is 10.2 Å². The summed E-state index contributed by atoms with van der Waals surface area (Å²) in [5, 5.41) is 3.31. The third-order valence-electron chi connectivity index (χ3n) is 4.79. The largest absolute Gasteiger partial charge is 0.329 e. The second-order valence-corrected chi connectivity index (χ2v) is 9.19. The zero-order valence-electron chi connectivity index (χ0n) is 14.4. The first kappa shape index (κ1) is 17.9. The van der Waals surface area contributed by atoms with E-state index >= 15 is 0 Å². The summed E-state index contributed by atoms with van der Waals surface area (Å²) in [6.07, 6.45) is 0. The lowest BCUT2D eigenvalue weighted by molar-refractivity contribution is 0.0634. The molecule has 0 bridgehead atoms. The number of carbonyl (C=O) groups excluding carboxylic acids is 1. The first-order valence-electron chi connectivity index (χ1n) is 8.83. The minimum atomic E-state index is -0.267. The van der Waals surface area contributed by atoms with E-state index in [1.807, 2.05) is 46.6 Å². The van der Waals surface area contributed by atoms with Crippen LogP contribution in [0.15, 0.2) is 48.5 Å². The Morgan fingerprint density at radius 3 is 2.58 bits per heavy atom. The molecule has 0 aliphatic carbocycles. The van der Waals surface area contributed by atoms with Crippen molar-refractivity contribution in [3.8, 4) is 0 Å². The van der Waals surface area contributed by atoms with E-state index in [0.29, 0.717) is 23.2 Å². The minimum absolute atomic E-state index is 0.0130. The Hall–Kier alpha value is -1.50. The highest BCUT2D eigenvalue weighted by molar-refractivity contribution is 8.19. The maximum atomic E-state index is 13.6. The molecule has 2 fully saturated rings. The SMILES string of the molecule is O=C(c1ccc(C2SCCS2)cc1)N1CCNCC1c1cccc(F)c1. The lowest BCUT2D eigenvalue weighted by Crippen LogP contribution is -2.48. The summed E-state index contributed by atoms with van der Waals surface area (Å²) in [5.41, 5.74) is 2.81. The third kappa shape index (κ3) is 3.77. The lowest BCUT2D eigenvalue weighted by atomic mass is 10.0. The number of nitrogens with zero attached hydrogens (tertiary/aromatic N) is 1. The number of hydrogen-bond donors (Lipinski definition) is 1. The number of nitrogens with one attached hydrogen (secondary N) is 1. The van der Waals surface area contributed by atoms with Gasteiger partial charge in [-0.1, -0.05) is 24.3 Å². The van der Waals surface area contributed by atoms with Crippen molar-refractivity contribution in [2.45, 2.75) is 10.6 Å². The Morgan fingerprint density at radius 1 is 1.08 bits per heavy atom. The Labute approximate surface area is 161 Å². The number of thioether (sulfide) groups is 2. The zero-order chi connectivity index (χ0) is 17.9. The number of benzene rings is 2. The number of carbonyl (C=O) groups is 1. The van der Waals surface area contributed by atoms with E-state index in [0.717, 1.165) is 12.1 Å². The van der Waals surface area contributed by atoms with Crippen LogP contribution < -0.4 is 5.32 Å². The molecule has 1 atom stereocenters. The molecular formula is C20H21FN2OS2. The van der Waals surface area contributed by atoms with Crippen LogP contribution in [-0.4, -0.2) is 41.9 Å². The van der Waals surface area contributed by atoms with Gasteiger partial charge in [0.2, 0.25) is 0 Å². The van der Waals surface area contributed by atoms with Crippen molar-refractivity contribution in [1.82, 2.24) is 10.2 Å². The second-order valence-electron chi connectivity index (χ2n) is 6.47. The molecule has 0 saturated carbocycles.